The Hall–Kier alpha value is -2.98. The van der Waals surface area contributed by atoms with Gasteiger partial charge in [0.1, 0.15) is 6.61 Å². The van der Waals surface area contributed by atoms with E-state index in [0.717, 1.165) is 33.8 Å². The molecule has 0 aliphatic carbocycles. The molecule has 0 saturated carbocycles. The van der Waals surface area contributed by atoms with E-state index in [-0.39, 0.29) is 0 Å². The Kier molecular flexibility index (Phi) is 9.45. The van der Waals surface area contributed by atoms with E-state index in [1.165, 1.54) is 0 Å². The largest absolute Gasteiger partial charge is 0.462 e. The van der Waals surface area contributed by atoms with Gasteiger partial charge in [0.2, 0.25) is 6.20 Å². The molecular formula is C14H19NO10. The Labute approximate surface area is 143 Å². The molecule has 0 saturated heterocycles. The van der Waals surface area contributed by atoms with Crippen LogP contribution < -0.4 is 0 Å². The van der Waals surface area contributed by atoms with Crippen molar-refractivity contribution < 1.29 is 43.0 Å². The van der Waals surface area contributed by atoms with Crippen molar-refractivity contribution in [1.82, 2.24) is 0 Å². The Bertz CT molecular complexity index is 556. The van der Waals surface area contributed by atoms with Gasteiger partial charge < -0.3 is 18.9 Å². The smallest absolute Gasteiger partial charge is 0.303 e. The number of ether oxygens (including phenoxy) is 4. The van der Waals surface area contributed by atoms with Gasteiger partial charge in [-0.2, -0.15) is 0 Å². The van der Waals surface area contributed by atoms with Gasteiger partial charge in [-0.15, -0.1) is 0 Å². The molecule has 3 atom stereocenters. The average molecular weight is 361 g/mol. The highest BCUT2D eigenvalue weighted by Crippen LogP contribution is 2.16. The molecule has 25 heavy (non-hydrogen) atoms. The van der Waals surface area contributed by atoms with Crippen molar-refractivity contribution in [2.45, 2.75) is 46.0 Å². The molecule has 11 nitrogen and oxygen atoms in total. The average Bonchev–Trinajstić information content (AvgIpc) is 2.44. The summed E-state index contributed by atoms with van der Waals surface area (Å²) < 4.78 is 19.6. The van der Waals surface area contributed by atoms with Crippen LogP contribution in [0.4, 0.5) is 0 Å². The molecule has 140 valence electrons. The van der Waals surface area contributed by atoms with Gasteiger partial charge in [0.25, 0.3) is 0 Å². The van der Waals surface area contributed by atoms with E-state index in [9.17, 15) is 29.3 Å². The summed E-state index contributed by atoms with van der Waals surface area (Å²) >= 11 is 0. The zero-order chi connectivity index (χ0) is 19.6. The van der Waals surface area contributed by atoms with Crippen molar-refractivity contribution in [3.63, 3.8) is 0 Å². The normalized spacial score (nSPS) is 14.1. The van der Waals surface area contributed by atoms with E-state index < -0.39 is 53.7 Å². The van der Waals surface area contributed by atoms with Crippen LogP contribution in [0.3, 0.4) is 0 Å². The van der Waals surface area contributed by atoms with Crippen LogP contribution in [0.1, 0.15) is 27.7 Å². The van der Waals surface area contributed by atoms with Gasteiger partial charge in [-0.05, 0) is 0 Å². The van der Waals surface area contributed by atoms with Gasteiger partial charge >= 0.3 is 23.9 Å². The molecule has 0 spiro atoms. The van der Waals surface area contributed by atoms with Crippen LogP contribution in [0.25, 0.3) is 0 Å². The SMILES string of the molecule is CC(=O)OC[C@@H](OC(C)=O)[C@H](OC(C)=O)[C@@H](/C=C\[N+](=O)[O-])OC(C)=O. The molecule has 0 rings (SSSR count). The number of carbonyl (C=O) groups excluding carboxylic acids is 4. The van der Waals surface area contributed by atoms with Crippen molar-refractivity contribution in [2.24, 2.45) is 0 Å². The quantitative estimate of drug-likeness (QED) is 0.240. The second-order valence-electron chi connectivity index (χ2n) is 4.73. The van der Waals surface area contributed by atoms with Gasteiger partial charge in [-0.1, -0.05) is 0 Å². The van der Waals surface area contributed by atoms with Crippen molar-refractivity contribution in [1.29, 1.82) is 0 Å². The molecule has 11 heteroatoms. The van der Waals surface area contributed by atoms with E-state index in [4.69, 9.17) is 18.9 Å². The van der Waals surface area contributed by atoms with Crippen molar-refractivity contribution in [3.8, 4) is 0 Å². The van der Waals surface area contributed by atoms with E-state index in [2.05, 4.69) is 0 Å². The molecule has 0 aliphatic heterocycles. The highest BCUT2D eigenvalue weighted by Gasteiger charge is 2.37. The lowest BCUT2D eigenvalue weighted by molar-refractivity contribution is -0.403. The minimum Gasteiger partial charge on any atom is -0.462 e. The fraction of sp³-hybridized carbons (Fsp3) is 0.571. The van der Waals surface area contributed by atoms with E-state index in [1.807, 2.05) is 0 Å². The summed E-state index contributed by atoms with van der Waals surface area (Å²) in [5.74, 6) is -3.17. The Morgan fingerprint density at radius 3 is 1.84 bits per heavy atom. The first-order chi connectivity index (χ1) is 11.5. The lowest BCUT2D eigenvalue weighted by atomic mass is 10.1. The first kappa shape index (κ1) is 22.0. The minimum atomic E-state index is -1.47. The summed E-state index contributed by atoms with van der Waals surface area (Å²) in [7, 11) is 0. The highest BCUT2D eigenvalue weighted by atomic mass is 16.6. The predicted molar refractivity (Wildman–Crippen MR) is 79.4 cm³/mol. The van der Waals surface area contributed by atoms with Gasteiger partial charge in [-0.25, -0.2) is 0 Å². The number of rotatable bonds is 9. The Morgan fingerprint density at radius 2 is 1.44 bits per heavy atom. The van der Waals surface area contributed by atoms with Crippen LogP contribution in [0.5, 0.6) is 0 Å². The summed E-state index contributed by atoms with van der Waals surface area (Å²) in [6, 6.07) is 0. The number of carbonyl (C=O) groups is 4. The van der Waals surface area contributed by atoms with Crippen LogP contribution in [-0.2, 0) is 38.1 Å². The topological polar surface area (TPSA) is 148 Å². The third-order valence-corrected chi connectivity index (χ3v) is 2.46. The van der Waals surface area contributed by atoms with E-state index in [0.29, 0.717) is 6.20 Å². The fourth-order valence-electron chi connectivity index (χ4n) is 1.72. The molecule has 0 bridgehead atoms. The summed E-state index contributed by atoms with van der Waals surface area (Å²) in [5, 5.41) is 10.5. The number of esters is 4. The number of nitro groups is 1. The van der Waals surface area contributed by atoms with Crippen molar-refractivity contribution in [2.75, 3.05) is 6.61 Å². The summed E-state index contributed by atoms with van der Waals surface area (Å²) in [6.07, 6.45) is -2.96. The standard InChI is InChI=1S/C14H19NO10/c1-8(16)22-7-13(24-10(3)18)14(25-11(4)19)12(23-9(2)17)5-6-15(20)21/h5-6,12-14H,7H2,1-4H3/b6-5-/t12-,13-,14-/m1/s1. The summed E-state index contributed by atoms with van der Waals surface area (Å²) in [6.45, 7) is 3.70. The van der Waals surface area contributed by atoms with Gasteiger partial charge in [0.05, 0.1) is 4.92 Å². The maximum absolute atomic E-state index is 11.3. The predicted octanol–water partition coefficient (Wildman–Crippen LogP) is 0.135. The number of hydrogen-bond donors (Lipinski definition) is 0. The molecule has 0 aromatic rings. The van der Waals surface area contributed by atoms with Crippen LogP contribution in [-0.4, -0.2) is 53.7 Å². The van der Waals surface area contributed by atoms with Crippen molar-refractivity contribution >= 4 is 23.9 Å². The van der Waals surface area contributed by atoms with Crippen LogP contribution in [0.2, 0.25) is 0 Å². The second-order valence-corrected chi connectivity index (χ2v) is 4.73. The van der Waals surface area contributed by atoms with Gasteiger partial charge in [-0.3, -0.25) is 29.3 Å². The molecule has 0 aromatic carbocycles. The monoisotopic (exact) mass is 361 g/mol. The van der Waals surface area contributed by atoms with E-state index >= 15 is 0 Å². The Balaban J connectivity index is 5.72. The fourth-order valence-corrected chi connectivity index (χ4v) is 1.72. The number of nitrogens with zero attached hydrogens (tertiary/aromatic N) is 1. The lowest BCUT2D eigenvalue weighted by Gasteiger charge is -2.29. The van der Waals surface area contributed by atoms with Gasteiger partial charge in [0.15, 0.2) is 18.3 Å². The molecule has 0 N–H and O–H groups in total. The Morgan fingerprint density at radius 1 is 0.920 bits per heavy atom. The third kappa shape index (κ3) is 10.4. The molecule has 0 heterocycles. The molecule has 0 radical (unpaired) electrons. The first-order valence-electron chi connectivity index (χ1n) is 6.99. The number of hydrogen-bond acceptors (Lipinski definition) is 10. The van der Waals surface area contributed by atoms with Crippen LogP contribution >= 0.6 is 0 Å². The van der Waals surface area contributed by atoms with Gasteiger partial charge in [0, 0.05) is 33.8 Å². The molecule has 0 fully saturated rings. The first-order valence-corrected chi connectivity index (χ1v) is 6.99. The van der Waals surface area contributed by atoms with Crippen LogP contribution in [0.15, 0.2) is 12.3 Å². The second kappa shape index (κ2) is 10.7. The maximum atomic E-state index is 11.3. The zero-order valence-corrected chi connectivity index (χ0v) is 14.1. The maximum Gasteiger partial charge on any atom is 0.303 e. The lowest BCUT2D eigenvalue weighted by Crippen LogP contribution is -2.46. The molecule has 0 unspecified atom stereocenters. The zero-order valence-electron chi connectivity index (χ0n) is 14.1. The molecular weight excluding hydrogens is 342 g/mol. The van der Waals surface area contributed by atoms with E-state index in [1.54, 1.807) is 0 Å². The highest BCUT2D eigenvalue weighted by molar-refractivity contribution is 5.69. The molecule has 0 aromatic heterocycles. The molecule has 0 amide bonds. The van der Waals surface area contributed by atoms with Crippen molar-refractivity contribution in [3.05, 3.63) is 22.4 Å². The minimum absolute atomic E-state index is 0.473. The third-order valence-electron chi connectivity index (χ3n) is 2.46. The molecule has 0 aliphatic rings. The summed E-state index contributed by atoms with van der Waals surface area (Å²) in [4.78, 5) is 54.5. The summed E-state index contributed by atoms with van der Waals surface area (Å²) in [5.41, 5.74) is 0. The van der Waals surface area contributed by atoms with Crippen LogP contribution in [0, 0.1) is 10.1 Å².